The lowest BCUT2D eigenvalue weighted by Crippen LogP contribution is -2.40. The van der Waals surface area contributed by atoms with Crippen molar-refractivity contribution in [1.82, 2.24) is 0 Å². The maximum atomic E-state index is 12.3. The van der Waals surface area contributed by atoms with E-state index in [2.05, 4.69) is 4.18 Å². The maximum absolute atomic E-state index is 12.3. The second-order valence-electron chi connectivity index (χ2n) is 5.23. The normalized spacial score (nSPS) is 13.4. The van der Waals surface area contributed by atoms with Crippen LogP contribution in [0.5, 0.6) is 5.75 Å². The number of aryl methyl sites for hydroxylation is 1. The smallest absolute Gasteiger partial charge is 0.376 e. The molecule has 1 rings (SSSR count). The molecule has 8 heteroatoms. The van der Waals surface area contributed by atoms with E-state index in [1.165, 1.54) is 12.1 Å². The molecule has 19 heavy (non-hydrogen) atoms. The summed E-state index contributed by atoms with van der Waals surface area (Å²) in [5.41, 5.74) is -4.58. The Morgan fingerprint density at radius 3 is 2.11 bits per heavy atom. The number of halogens is 3. The zero-order valence-electron chi connectivity index (χ0n) is 11.0. The summed E-state index contributed by atoms with van der Waals surface area (Å²) in [6.07, 6.45) is 0. The van der Waals surface area contributed by atoms with Gasteiger partial charge in [-0.2, -0.15) is 21.6 Å². The second kappa shape index (κ2) is 4.82. The summed E-state index contributed by atoms with van der Waals surface area (Å²) in [5.74, 6) is -0.234. The fourth-order valence-corrected chi connectivity index (χ4v) is 3.55. The molecule has 0 saturated carbocycles. The minimum absolute atomic E-state index is 0.234. The Morgan fingerprint density at radius 1 is 1.16 bits per heavy atom. The van der Waals surface area contributed by atoms with Gasteiger partial charge in [0.15, 0.2) is 0 Å². The van der Waals surface area contributed by atoms with Crippen LogP contribution < -0.4 is 9.37 Å². The van der Waals surface area contributed by atoms with Crippen molar-refractivity contribution < 1.29 is 25.8 Å². The van der Waals surface area contributed by atoms with Gasteiger partial charge in [-0.1, -0.05) is 37.3 Å². The van der Waals surface area contributed by atoms with E-state index in [0.29, 0.717) is 5.19 Å². The van der Waals surface area contributed by atoms with Gasteiger partial charge in [-0.05, 0) is 18.2 Å². The Balaban J connectivity index is 3.31. The van der Waals surface area contributed by atoms with Crippen molar-refractivity contribution in [2.24, 2.45) is 0 Å². The second-order valence-corrected chi connectivity index (χ2v) is 11.8. The van der Waals surface area contributed by atoms with Gasteiger partial charge in [0.1, 0.15) is 5.75 Å². The molecule has 3 nitrogen and oxygen atoms in total. The lowest BCUT2D eigenvalue weighted by molar-refractivity contribution is -0.0499. The number of hydrogen-bond donors (Lipinski definition) is 0. The third-order valence-corrected chi connectivity index (χ3v) is 5.40. The van der Waals surface area contributed by atoms with Crippen LogP contribution in [0.1, 0.15) is 5.56 Å². The van der Waals surface area contributed by atoms with E-state index in [9.17, 15) is 21.6 Å². The predicted molar refractivity (Wildman–Crippen MR) is 69.8 cm³/mol. The van der Waals surface area contributed by atoms with Crippen LogP contribution in [-0.4, -0.2) is 22.0 Å². The van der Waals surface area contributed by atoms with Gasteiger partial charge in [0.25, 0.3) is 0 Å². The number of hydrogen-bond acceptors (Lipinski definition) is 3. The van der Waals surface area contributed by atoms with Gasteiger partial charge in [0, 0.05) is 0 Å². The molecule has 0 fully saturated rings. The summed E-state index contributed by atoms with van der Waals surface area (Å²) in [4.78, 5) is 0. The van der Waals surface area contributed by atoms with E-state index in [1.807, 2.05) is 19.6 Å². The van der Waals surface area contributed by atoms with E-state index in [4.69, 9.17) is 0 Å². The average Bonchev–Trinajstić information content (AvgIpc) is 2.17. The Kier molecular flexibility index (Phi) is 4.07. The highest BCUT2D eigenvalue weighted by molar-refractivity contribution is 7.88. The van der Waals surface area contributed by atoms with Crippen LogP contribution in [0.2, 0.25) is 19.6 Å². The Morgan fingerprint density at radius 2 is 1.68 bits per heavy atom. The van der Waals surface area contributed by atoms with Crippen molar-refractivity contribution in [2.75, 3.05) is 0 Å². The maximum Gasteiger partial charge on any atom is 0.534 e. The summed E-state index contributed by atoms with van der Waals surface area (Å²) >= 11 is 0. The highest BCUT2D eigenvalue weighted by Gasteiger charge is 2.49. The van der Waals surface area contributed by atoms with Crippen LogP contribution in [0, 0.1) is 6.92 Å². The number of benzene rings is 1. The average molecular weight is 312 g/mol. The Labute approximate surface area is 111 Å². The molecule has 0 aliphatic carbocycles. The van der Waals surface area contributed by atoms with Gasteiger partial charge in [-0.3, -0.25) is 0 Å². The molecule has 0 heterocycles. The lowest BCUT2D eigenvalue weighted by atomic mass is 10.2. The molecule has 0 atom stereocenters. The molecular formula is C11H15F3O3SSi. The van der Waals surface area contributed by atoms with Gasteiger partial charge in [0.2, 0.25) is 0 Å². The molecule has 1 aromatic rings. The zero-order chi connectivity index (χ0) is 15.1. The first kappa shape index (κ1) is 16.0. The zero-order valence-corrected chi connectivity index (χ0v) is 12.8. The van der Waals surface area contributed by atoms with Crippen molar-refractivity contribution in [2.45, 2.75) is 32.1 Å². The van der Waals surface area contributed by atoms with Crippen molar-refractivity contribution >= 4 is 23.4 Å². The molecule has 1 aromatic carbocycles. The standard InChI is InChI=1S/C11H15F3O3SSi/c1-8-5-6-9(10(7-8)19(2,3)4)17-18(15,16)11(12,13)14/h5-7H,1-4H3. The highest BCUT2D eigenvalue weighted by Crippen LogP contribution is 2.27. The van der Waals surface area contributed by atoms with Gasteiger partial charge in [0.05, 0.1) is 8.07 Å². The SMILES string of the molecule is Cc1ccc(OS(=O)(=O)C(F)(F)F)c([Si](C)(C)C)c1. The molecule has 0 N–H and O–H groups in total. The molecular weight excluding hydrogens is 297 g/mol. The Bertz CT molecular complexity index is 574. The lowest BCUT2D eigenvalue weighted by Gasteiger charge is -2.21. The summed E-state index contributed by atoms with van der Waals surface area (Å²) in [5, 5.41) is 0.542. The van der Waals surface area contributed by atoms with Gasteiger partial charge >= 0.3 is 15.6 Å². The molecule has 0 spiro atoms. The number of rotatable bonds is 3. The summed E-state index contributed by atoms with van der Waals surface area (Å²) in [7, 11) is -7.65. The molecule has 0 saturated heterocycles. The molecule has 0 radical (unpaired) electrons. The van der Waals surface area contributed by atoms with E-state index in [-0.39, 0.29) is 5.75 Å². The van der Waals surface area contributed by atoms with Crippen molar-refractivity contribution in [3.63, 3.8) is 0 Å². The van der Waals surface area contributed by atoms with E-state index >= 15 is 0 Å². The quantitative estimate of drug-likeness (QED) is 0.490. The molecule has 0 aromatic heterocycles. The monoisotopic (exact) mass is 312 g/mol. The molecule has 0 bridgehead atoms. The van der Waals surface area contributed by atoms with E-state index in [0.717, 1.165) is 5.56 Å². The predicted octanol–water partition coefficient (Wildman–Crippen LogP) is 2.77. The minimum atomic E-state index is -5.62. The number of alkyl halides is 3. The van der Waals surface area contributed by atoms with Crippen LogP contribution in [0.4, 0.5) is 13.2 Å². The largest absolute Gasteiger partial charge is 0.534 e. The van der Waals surface area contributed by atoms with Crippen LogP contribution >= 0.6 is 0 Å². The minimum Gasteiger partial charge on any atom is -0.376 e. The van der Waals surface area contributed by atoms with E-state index < -0.39 is 23.7 Å². The third kappa shape index (κ3) is 3.72. The van der Waals surface area contributed by atoms with Crippen molar-refractivity contribution in [3.8, 4) is 5.75 Å². The topological polar surface area (TPSA) is 43.4 Å². The van der Waals surface area contributed by atoms with Crippen LogP contribution in [0.25, 0.3) is 0 Å². The molecule has 0 unspecified atom stereocenters. The van der Waals surface area contributed by atoms with Crippen LogP contribution in [0.3, 0.4) is 0 Å². The summed E-state index contributed by atoms with van der Waals surface area (Å²) < 4.78 is 63.3. The molecule has 108 valence electrons. The van der Waals surface area contributed by atoms with Crippen LogP contribution in [-0.2, 0) is 10.1 Å². The molecule has 0 aliphatic rings. The fraction of sp³-hybridized carbons (Fsp3) is 0.455. The molecule has 0 amide bonds. The van der Waals surface area contributed by atoms with Crippen molar-refractivity contribution in [1.29, 1.82) is 0 Å². The van der Waals surface area contributed by atoms with Gasteiger partial charge in [-0.25, -0.2) is 0 Å². The van der Waals surface area contributed by atoms with Gasteiger partial charge in [-0.15, -0.1) is 0 Å². The highest BCUT2D eigenvalue weighted by atomic mass is 32.2. The first-order chi connectivity index (χ1) is 8.34. The van der Waals surface area contributed by atoms with Crippen LogP contribution in [0.15, 0.2) is 18.2 Å². The fourth-order valence-electron chi connectivity index (χ4n) is 1.47. The van der Waals surface area contributed by atoms with Gasteiger partial charge < -0.3 is 4.18 Å². The first-order valence-corrected chi connectivity index (χ1v) is 10.4. The van der Waals surface area contributed by atoms with E-state index in [1.54, 1.807) is 13.0 Å². The Hall–Kier alpha value is -1.02. The third-order valence-electron chi connectivity index (χ3n) is 2.43. The molecule has 0 aliphatic heterocycles. The first-order valence-electron chi connectivity index (χ1n) is 5.46. The summed E-state index contributed by atoms with van der Waals surface area (Å²) in [6.45, 7) is 7.48. The summed E-state index contributed by atoms with van der Waals surface area (Å²) in [6, 6.07) is 4.46. The van der Waals surface area contributed by atoms with Crippen molar-refractivity contribution in [3.05, 3.63) is 23.8 Å².